The van der Waals surface area contributed by atoms with Crippen molar-refractivity contribution in [1.29, 1.82) is 0 Å². The maximum absolute atomic E-state index is 5.91. The fraction of sp³-hybridized carbons (Fsp3) is 1.00. The molecule has 15 heavy (non-hydrogen) atoms. The van der Waals surface area contributed by atoms with Crippen molar-refractivity contribution in [2.75, 3.05) is 25.1 Å². The molecule has 2 unspecified atom stereocenters. The van der Waals surface area contributed by atoms with Crippen molar-refractivity contribution in [2.24, 2.45) is 5.73 Å². The maximum Gasteiger partial charge on any atom is 0.0229 e. The Morgan fingerprint density at radius 2 is 2.27 bits per heavy atom. The second-order valence-electron chi connectivity index (χ2n) is 4.47. The molecule has 1 fully saturated rings. The summed E-state index contributed by atoms with van der Waals surface area (Å²) in [4.78, 5) is 2.68. The fourth-order valence-electron chi connectivity index (χ4n) is 2.62. The first kappa shape index (κ1) is 13.3. The van der Waals surface area contributed by atoms with E-state index >= 15 is 0 Å². The number of thioether (sulfide) groups is 1. The summed E-state index contributed by atoms with van der Waals surface area (Å²) in [6.45, 7) is 4.41. The van der Waals surface area contributed by atoms with Gasteiger partial charge in [0.05, 0.1) is 0 Å². The van der Waals surface area contributed by atoms with E-state index < -0.39 is 0 Å². The minimum atomic E-state index is 0.627. The van der Waals surface area contributed by atoms with Crippen LogP contribution in [0.5, 0.6) is 0 Å². The number of piperidine rings is 1. The molecule has 1 saturated heterocycles. The topological polar surface area (TPSA) is 29.3 Å². The van der Waals surface area contributed by atoms with Crippen LogP contribution in [-0.2, 0) is 0 Å². The van der Waals surface area contributed by atoms with Gasteiger partial charge in [0.15, 0.2) is 0 Å². The van der Waals surface area contributed by atoms with Gasteiger partial charge in [0.1, 0.15) is 0 Å². The quantitative estimate of drug-likeness (QED) is 0.759. The van der Waals surface area contributed by atoms with E-state index in [0.29, 0.717) is 6.04 Å². The number of hydrogen-bond acceptors (Lipinski definition) is 3. The number of nitrogens with two attached hydrogens (primary N) is 1. The zero-order valence-corrected chi connectivity index (χ0v) is 11.1. The third-order valence-corrected chi connectivity index (χ3v) is 4.18. The van der Waals surface area contributed by atoms with Gasteiger partial charge in [-0.1, -0.05) is 13.3 Å². The van der Waals surface area contributed by atoms with E-state index in [1.54, 1.807) is 0 Å². The Bertz CT molecular complexity index is 164. The average molecular weight is 230 g/mol. The standard InChI is InChI=1S/C12H26N2S/c1-3-11-6-4-5-8-14(11)12(10-13)7-9-15-2/h11-12H,3-10,13H2,1-2H3. The van der Waals surface area contributed by atoms with Gasteiger partial charge in [0.2, 0.25) is 0 Å². The van der Waals surface area contributed by atoms with Crippen molar-refractivity contribution in [3.8, 4) is 0 Å². The lowest BCUT2D eigenvalue weighted by atomic mass is 9.97. The molecule has 0 aliphatic carbocycles. The van der Waals surface area contributed by atoms with Crippen molar-refractivity contribution < 1.29 is 0 Å². The molecule has 0 aromatic rings. The molecular weight excluding hydrogens is 204 g/mol. The van der Waals surface area contributed by atoms with Gasteiger partial charge < -0.3 is 5.73 Å². The predicted molar refractivity (Wildman–Crippen MR) is 70.5 cm³/mol. The highest BCUT2D eigenvalue weighted by atomic mass is 32.2. The first-order chi connectivity index (χ1) is 7.33. The average Bonchev–Trinajstić information content (AvgIpc) is 2.30. The minimum Gasteiger partial charge on any atom is -0.329 e. The Morgan fingerprint density at radius 3 is 2.87 bits per heavy atom. The first-order valence-electron chi connectivity index (χ1n) is 6.28. The molecule has 0 saturated carbocycles. The molecule has 0 bridgehead atoms. The van der Waals surface area contributed by atoms with E-state index in [0.717, 1.165) is 12.6 Å². The van der Waals surface area contributed by atoms with Gasteiger partial charge in [-0.05, 0) is 44.2 Å². The van der Waals surface area contributed by atoms with Crippen molar-refractivity contribution in [1.82, 2.24) is 4.90 Å². The van der Waals surface area contributed by atoms with Crippen molar-refractivity contribution in [2.45, 2.75) is 51.1 Å². The molecule has 2 N–H and O–H groups in total. The second-order valence-corrected chi connectivity index (χ2v) is 5.45. The molecule has 0 spiro atoms. The molecular formula is C12H26N2S. The highest BCUT2D eigenvalue weighted by Gasteiger charge is 2.26. The molecule has 1 aliphatic rings. The SMILES string of the molecule is CCC1CCCCN1C(CN)CCSC. The monoisotopic (exact) mass is 230 g/mol. The Hall–Kier alpha value is 0.270. The highest BCUT2D eigenvalue weighted by Crippen LogP contribution is 2.23. The predicted octanol–water partition coefficient (Wildman–Crippen LogP) is 2.33. The van der Waals surface area contributed by atoms with E-state index in [1.165, 1.54) is 44.4 Å². The van der Waals surface area contributed by atoms with Crippen LogP contribution in [-0.4, -0.2) is 42.1 Å². The minimum absolute atomic E-state index is 0.627. The lowest BCUT2D eigenvalue weighted by Gasteiger charge is -2.40. The van der Waals surface area contributed by atoms with Crippen molar-refractivity contribution in [3.05, 3.63) is 0 Å². The Labute approximate surface area is 99.0 Å². The molecule has 0 radical (unpaired) electrons. The summed E-state index contributed by atoms with van der Waals surface area (Å²) in [7, 11) is 0. The summed E-state index contributed by atoms with van der Waals surface area (Å²) in [6, 6.07) is 1.43. The lowest BCUT2D eigenvalue weighted by molar-refractivity contribution is 0.0934. The van der Waals surface area contributed by atoms with E-state index in [4.69, 9.17) is 5.73 Å². The summed E-state index contributed by atoms with van der Waals surface area (Å²) in [5.41, 5.74) is 5.91. The molecule has 90 valence electrons. The smallest absolute Gasteiger partial charge is 0.0229 e. The number of rotatable bonds is 6. The summed E-state index contributed by atoms with van der Waals surface area (Å²) >= 11 is 1.94. The van der Waals surface area contributed by atoms with Gasteiger partial charge in [-0.3, -0.25) is 4.90 Å². The maximum atomic E-state index is 5.91. The van der Waals surface area contributed by atoms with Crippen LogP contribution in [0.1, 0.15) is 39.0 Å². The van der Waals surface area contributed by atoms with Crippen LogP contribution in [0.4, 0.5) is 0 Å². The fourth-order valence-corrected chi connectivity index (χ4v) is 3.12. The van der Waals surface area contributed by atoms with Crippen LogP contribution >= 0.6 is 11.8 Å². The van der Waals surface area contributed by atoms with E-state index in [2.05, 4.69) is 18.1 Å². The van der Waals surface area contributed by atoms with E-state index in [-0.39, 0.29) is 0 Å². The van der Waals surface area contributed by atoms with E-state index in [9.17, 15) is 0 Å². The van der Waals surface area contributed by atoms with Gasteiger partial charge in [-0.25, -0.2) is 0 Å². The van der Waals surface area contributed by atoms with Gasteiger partial charge in [-0.2, -0.15) is 11.8 Å². The van der Waals surface area contributed by atoms with Crippen LogP contribution in [0, 0.1) is 0 Å². The molecule has 2 nitrogen and oxygen atoms in total. The molecule has 0 amide bonds. The van der Waals surface area contributed by atoms with Crippen molar-refractivity contribution >= 4 is 11.8 Å². The van der Waals surface area contributed by atoms with Gasteiger partial charge in [0.25, 0.3) is 0 Å². The Morgan fingerprint density at radius 1 is 1.47 bits per heavy atom. The molecule has 3 heteroatoms. The van der Waals surface area contributed by atoms with Crippen LogP contribution in [0.3, 0.4) is 0 Å². The van der Waals surface area contributed by atoms with Gasteiger partial charge in [-0.15, -0.1) is 0 Å². The summed E-state index contributed by atoms with van der Waals surface area (Å²) < 4.78 is 0. The summed E-state index contributed by atoms with van der Waals surface area (Å²) in [5.74, 6) is 1.24. The summed E-state index contributed by atoms with van der Waals surface area (Å²) in [5, 5.41) is 0. The molecule has 1 rings (SSSR count). The normalized spacial score (nSPS) is 25.4. The lowest BCUT2D eigenvalue weighted by Crippen LogP contribution is -2.49. The van der Waals surface area contributed by atoms with Crippen LogP contribution in [0.2, 0.25) is 0 Å². The third kappa shape index (κ3) is 3.97. The Balaban J connectivity index is 2.47. The number of hydrogen-bond donors (Lipinski definition) is 1. The molecule has 1 heterocycles. The van der Waals surface area contributed by atoms with Crippen LogP contribution in [0.15, 0.2) is 0 Å². The second kappa shape index (κ2) is 7.53. The van der Waals surface area contributed by atoms with Gasteiger partial charge >= 0.3 is 0 Å². The molecule has 2 atom stereocenters. The van der Waals surface area contributed by atoms with Gasteiger partial charge in [0, 0.05) is 18.6 Å². The van der Waals surface area contributed by atoms with E-state index in [1.807, 2.05) is 11.8 Å². The zero-order valence-electron chi connectivity index (χ0n) is 10.2. The van der Waals surface area contributed by atoms with Crippen molar-refractivity contribution in [3.63, 3.8) is 0 Å². The number of nitrogens with zero attached hydrogens (tertiary/aromatic N) is 1. The number of likely N-dealkylation sites (tertiary alicyclic amines) is 1. The third-order valence-electron chi connectivity index (χ3n) is 3.54. The Kier molecular flexibility index (Phi) is 6.69. The molecule has 0 aromatic heterocycles. The zero-order chi connectivity index (χ0) is 11.1. The van der Waals surface area contributed by atoms with Crippen LogP contribution < -0.4 is 5.73 Å². The molecule has 1 aliphatic heterocycles. The largest absolute Gasteiger partial charge is 0.329 e. The summed E-state index contributed by atoms with van der Waals surface area (Å²) in [6.07, 6.45) is 8.89. The van der Waals surface area contributed by atoms with Crippen LogP contribution in [0.25, 0.3) is 0 Å². The highest BCUT2D eigenvalue weighted by molar-refractivity contribution is 7.98. The molecule has 0 aromatic carbocycles. The first-order valence-corrected chi connectivity index (χ1v) is 7.67.